The van der Waals surface area contributed by atoms with E-state index in [2.05, 4.69) is 0 Å². The third-order valence-corrected chi connectivity index (χ3v) is 3.78. The predicted molar refractivity (Wildman–Crippen MR) is 76.1 cm³/mol. The molecule has 0 bridgehead atoms. The van der Waals surface area contributed by atoms with Crippen molar-refractivity contribution in [1.82, 2.24) is 0 Å². The van der Waals surface area contributed by atoms with Gasteiger partial charge < -0.3 is 5.73 Å². The van der Waals surface area contributed by atoms with Gasteiger partial charge in [0.05, 0.1) is 0 Å². The Labute approximate surface area is 122 Å². The highest BCUT2D eigenvalue weighted by Crippen LogP contribution is 2.24. The molecule has 0 aromatic heterocycles. The highest BCUT2D eigenvalue weighted by Gasteiger charge is 2.16. The first-order valence-corrected chi connectivity index (χ1v) is 6.70. The molecule has 0 amide bonds. The van der Waals surface area contributed by atoms with Crippen LogP contribution in [0.15, 0.2) is 36.4 Å². The van der Waals surface area contributed by atoms with E-state index in [-0.39, 0.29) is 17.8 Å². The van der Waals surface area contributed by atoms with Crippen LogP contribution in [0.4, 0.5) is 13.2 Å². The van der Waals surface area contributed by atoms with Gasteiger partial charge in [-0.15, -0.1) is 0 Å². The van der Waals surface area contributed by atoms with E-state index in [4.69, 9.17) is 5.73 Å². The standard InChI is InChI=1S/C14H11F3IN/c15-8-4-5-9(13(18)6-8)14(19)7-10-11(16)2-1-3-12(10)17/h1-6,14H,7,19H2. The molecule has 0 saturated carbocycles. The fraction of sp³-hybridized carbons (Fsp3) is 0.143. The zero-order valence-corrected chi connectivity index (χ0v) is 12.0. The van der Waals surface area contributed by atoms with Gasteiger partial charge in [0.1, 0.15) is 17.5 Å². The molecular weight excluding hydrogens is 366 g/mol. The molecule has 19 heavy (non-hydrogen) atoms. The second-order valence-corrected chi connectivity index (χ2v) is 5.34. The Kier molecular flexibility index (Phi) is 4.46. The topological polar surface area (TPSA) is 26.0 Å². The molecule has 0 aliphatic heterocycles. The lowest BCUT2D eigenvalue weighted by molar-refractivity contribution is 0.539. The summed E-state index contributed by atoms with van der Waals surface area (Å²) in [6.07, 6.45) is 0.0279. The monoisotopic (exact) mass is 377 g/mol. The number of nitrogens with two attached hydrogens (primary N) is 1. The Morgan fingerprint density at radius 2 is 1.68 bits per heavy atom. The zero-order chi connectivity index (χ0) is 14.0. The molecule has 2 rings (SSSR count). The quantitative estimate of drug-likeness (QED) is 0.806. The maximum Gasteiger partial charge on any atom is 0.129 e. The summed E-state index contributed by atoms with van der Waals surface area (Å²) in [4.78, 5) is 0. The van der Waals surface area contributed by atoms with E-state index in [0.29, 0.717) is 9.13 Å². The summed E-state index contributed by atoms with van der Waals surface area (Å²) in [6, 6.07) is 7.28. The molecule has 5 heteroatoms. The molecule has 1 unspecified atom stereocenters. The molecule has 0 radical (unpaired) electrons. The molecular formula is C14H11F3IN. The van der Waals surface area contributed by atoms with Crippen LogP contribution in [-0.2, 0) is 6.42 Å². The maximum absolute atomic E-state index is 13.5. The van der Waals surface area contributed by atoms with Crippen molar-refractivity contribution in [2.24, 2.45) is 5.73 Å². The fourth-order valence-corrected chi connectivity index (χ4v) is 2.74. The summed E-state index contributed by atoms with van der Waals surface area (Å²) < 4.78 is 40.7. The Morgan fingerprint density at radius 1 is 1.05 bits per heavy atom. The second kappa shape index (κ2) is 5.92. The van der Waals surface area contributed by atoms with E-state index in [9.17, 15) is 13.2 Å². The molecule has 0 heterocycles. The summed E-state index contributed by atoms with van der Waals surface area (Å²) in [5.41, 5.74) is 6.58. The normalized spacial score (nSPS) is 12.5. The van der Waals surface area contributed by atoms with Gasteiger partial charge in [-0.3, -0.25) is 0 Å². The third-order valence-electron chi connectivity index (χ3n) is 2.85. The SMILES string of the molecule is NC(Cc1c(F)cccc1F)c1ccc(F)cc1I. The number of halogens is 4. The van der Waals surface area contributed by atoms with Crippen LogP contribution in [0.3, 0.4) is 0 Å². The summed E-state index contributed by atoms with van der Waals surface area (Å²) >= 11 is 1.95. The van der Waals surface area contributed by atoms with Gasteiger partial charge in [-0.1, -0.05) is 12.1 Å². The zero-order valence-electron chi connectivity index (χ0n) is 9.84. The second-order valence-electron chi connectivity index (χ2n) is 4.18. The lowest BCUT2D eigenvalue weighted by Crippen LogP contribution is -2.16. The minimum atomic E-state index is -0.618. The lowest BCUT2D eigenvalue weighted by Gasteiger charge is -2.15. The summed E-state index contributed by atoms with van der Waals surface area (Å²) in [5.74, 6) is -1.60. The Balaban J connectivity index is 2.28. The average Bonchev–Trinajstić information content (AvgIpc) is 2.33. The Bertz CT molecular complexity index is 581. The molecule has 0 spiro atoms. The van der Waals surface area contributed by atoms with Crippen molar-refractivity contribution in [2.75, 3.05) is 0 Å². The van der Waals surface area contributed by atoms with Crippen molar-refractivity contribution in [3.05, 3.63) is 68.5 Å². The summed E-state index contributed by atoms with van der Waals surface area (Å²) in [5, 5.41) is 0. The fourth-order valence-electron chi connectivity index (χ4n) is 1.86. The first kappa shape index (κ1) is 14.3. The van der Waals surface area contributed by atoms with Gasteiger partial charge in [-0.2, -0.15) is 0 Å². The molecule has 0 aliphatic rings. The van der Waals surface area contributed by atoms with E-state index in [1.165, 1.54) is 30.3 Å². The van der Waals surface area contributed by atoms with E-state index >= 15 is 0 Å². The van der Waals surface area contributed by atoms with E-state index in [0.717, 1.165) is 0 Å². The van der Waals surface area contributed by atoms with Gasteiger partial charge in [-0.05, 0) is 58.8 Å². The molecule has 2 aromatic rings. The van der Waals surface area contributed by atoms with Gasteiger partial charge in [0.2, 0.25) is 0 Å². The van der Waals surface area contributed by atoms with Crippen molar-refractivity contribution in [2.45, 2.75) is 12.5 Å². The average molecular weight is 377 g/mol. The lowest BCUT2D eigenvalue weighted by atomic mass is 9.99. The molecule has 2 aromatic carbocycles. The molecule has 1 nitrogen and oxygen atoms in total. The van der Waals surface area contributed by atoms with Crippen LogP contribution in [0.2, 0.25) is 0 Å². The minimum absolute atomic E-state index is 0.0279. The number of hydrogen-bond acceptors (Lipinski definition) is 1. The summed E-state index contributed by atoms with van der Waals surface area (Å²) in [7, 11) is 0. The predicted octanol–water partition coefficient (Wildman–Crippen LogP) is 3.95. The van der Waals surface area contributed by atoms with Crippen molar-refractivity contribution in [1.29, 1.82) is 0 Å². The van der Waals surface area contributed by atoms with Crippen LogP contribution < -0.4 is 5.73 Å². The van der Waals surface area contributed by atoms with Crippen LogP contribution in [0, 0.1) is 21.0 Å². The highest BCUT2D eigenvalue weighted by molar-refractivity contribution is 14.1. The summed E-state index contributed by atoms with van der Waals surface area (Å²) in [6.45, 7) is 0. The van der Waals surface area contributed by atoms with E-state index in [1.54, 1.807) is 6.07 Å². The van der Waals surface area contributed by atoms with Crippen molar-refractivity contribution < 1.29 is 13.2 Å². The van der Waals surface area contributed by atoms with Gasteiger partial charge in [0, 0.05) is 15.2 Å². The van der Waals surface area contributed by atoms with Crippen LogP contribution in [0.1, 0.15) is 17.2 Å². The smallest absolute Gasteiger partial charge is 0.129 e. The van der Waals surface area contributed by atoms with Gasteiger partial charge in [-0.25, -0.2) is 13.2 Å². The van der Waals surface area contributed by atoms with E-state index in [1.807, 2.05) is 22.6 Å². The van der Waals surface area contributed by atoms with Crippen LogP contribution in [0.5, 0.6) is 0 Å². The van der Waals surface area contributed by atoms with Crippen molar-refractivity contribution >= 4 is 22.6 Å². The van der Waals surface area contributed by atoms with Crippen LogP contribution >= 0.6 is 22.6 Å². The molecule has 0 aliphatic carbocycles. The highest BCUT2D eigenvalue weighted by atomic mass is 127. The Morgan fingerprint density at radius 3 is 2.26 bits per heavy atom. The molecule has 2 N–H and O–H groups in total. The van der Waals surface area contributed by atoms with E-state index < -0.39 is 17.7 Å². The van der Waals surface area contributed by atoms with Crippen LogP contribution in [0.25, 0.3) is 0 Å². The molecule has 100 valence electrons. The molecule has 0 saturated heterocycles. The molecule has 1 atom stereocenters. The van der Waals surface area contributed by atoms with Crippen molar-refractivity contribution in [3.8, 4) is 0 Å². The van der Waals surface area contributed by atoms with Crippen LogP contribution in [-0.4, -0.2) is 0 Å². The number of hydrogen-bond donors (Lipinski definition) is 1. The first-order chi connectivity index (χ1) is 8.99. The molecule has 0 fully saturated rings. The largest absolute Gasteiger partial charge is 0.324 e. The van der Waals surface area contributed by atoms with Gasteiger partial charge in [0.15, 0.2) is 0 Å². The number of benzene rings is 2. The maximum atomic E-state index is 13.5. The number of rotatable bonds is 3. The van der Waals surface area contributed by atoms with Gasteiger partial charge in [0.25, 0.3) is 0 Å². The minimum Gasteiger partial charge on any atom is -0.324 e. The van der Waals surface area contributed by atoms with Crippen molar-refractivity contribution in [3.63, 3.8) is 0 Å². The Hall–Kier alpha value is -1.08. The van der Waals surface area contributed by atoms with Gasteiger partial charge >= 0.3 is 0 Å². The first-order valence-electron chi connectivity index (χ1n) is 5.62. The third kappa shape index (κ3) is 3.27.